The Morgan fingerprint density at radius 1 is 1.33 bits per heavy atom. The van der Waals surface area contributed by atoms with Gasteiger partial charge in [0.05, 0.1) is 0 Å². The van der Waals surface area contributed by atoms with Crippen molar-refractivity contribution < 1.29 is 4.42 Å². The molecule has 0 fully saturated rings. The fourth-order valence-corrected chi connectivity index (χ4v) is 2.45. The maximum Gasteiger partial charge on any atom is 0.134 e. The largest absolute Gasteiger partial charge is 0.461 e. The van der Waals surface area contributed by atoms with Crippen molar-refractivity contribution in [1.29, 1.82) is 0 Å². The van der Waals surface area contributed by atoms with E-state index in [1.165, 1.54) is 16.7 Å². The summed E-state index contributed by atoms with van der Waals surface area (Å²) < 4.78 is 5.90. The van der Waals surface area contributed by atoms with E-state index in [9.17, 15) is 0 Å². The van der Waals surface area contributed by atoms with Crippen LogP contribution in [-0.4, -0.2) is 6.54 Å². The Morgan fingerprint density at radius 3 is 3.13 bits per heavy atom. The quantitative estimate of drug-likeness (QED) is 0.708. The number of hydrogen-bond donors (Lipinski definition) is 1. The third-order valence-electron chi connectivity index (χ3n) is 3.17. The number of furan rings is 1. The average Bonchev–Trinajstić information content (AvgIpc) is 2.53. The molecule has 1 aromatic carbocycles. The van der Waals surface area contributed by atoms with Crippen molar-refractivity contribution in [3.8, 4) is 0 Å². The van der Waals surface area contributed by atoms with Crippen LogP contribution in [0.4, 0.5) is 0 Å². The maximum atomic E-state index is 5.90. The molecule has 2 heteroatoms. The van der Waals surface area contributed by atoms with Gasteiger partial charge >= 0.3 is 0 Å². The van der Waals surface area contributed by atoms with Crippen LogP contribution >= 0.6 is 0 Å². The van der Waals surface area contributed by atoms with E-state index in [-0.39, 0.29) is 0 Å². The minimum atomic E-state index is 0.408. The first-order valence-corrected chi connectivity index (χ1v) is 5.60. The predicted molar refractivity (Wildman–Crippen MR) is 61.0 cm³/mol. The number of benzene rings is 1. The van der Waals surface area contributed by atoms with E-state index in [0.717, 1.165) is 25.0 Å². The smallest absolute Gasteiger partial charge is 0.134 e. The second-order valence-corrected chi connectivity index (χ2v) is 4.21. The van der Waals surface area contributed by atoms with Gasteiger partial charge in [0.25, 0.3) is 0 Å². The van der Waals surface area contributed by atoms with E-state index in [2.05, 4.69) is 30.4 Å². The van der Waals surface area contributed by atoms with Crippen LogP contribution in [0.3, 0.4) is 0 Å². The number of fused-ring (bicyclic) bond motifs is 3. The first-order valence-electron chi connectivity index (χ1n) is 5.60. The van der Waals surface area contributed by atoms with Crippen molar-refractivity contribution >= 4 is 11.0 Å². The number of aryl methyl sites for hydroxylation is 1. The molecule has 2 aromatic rings. The van der Waals surface area contributed by atoms with Gasteiger partial charge in [-0.2, -0.15) is 0 Å². The SMILES string of the molecule is CC1NCCCc2oc3ccccc3c21. The van der Waals surface area contributed by atoms with Crippen LogP contribution in [0.2, 0.25) is 0 Å². The number of rotatable bonds is 0. The molecular formula is C13H15NO. The molecule has 0 amide bonds. The van der Waals surface area contributed by atoms with Gasteiger partial charge in [0.1, 0.15) is 11.3 Å². The monoisotopic (exact) mass is 201 g/mol. The molecule has 15 heavy (non-hydrogen) atoms. The first kappa shape index (κ1) is 8.98. The van der Waals surface area contributed by atoms with Gasteiger partial charge in [0.15, 0.2) is 0 Å². The molecule has 0 bridgehead atoms. The Kier molecular flexibility index (Phi) is 2.03. The van der Waals surface area contributed by atoms with E-state index in [1.54, 1.807) is 0 Å². The topological polar surface area (TPSA) is 25.2 Å². The van der Waals surface area contributed by atoms with E-state index in [0.29, 0.717) is 6.04 Å². The summed E-state index contributed by atoms with van der Waals surface area (Å²) in [4.78, 5) is 0. The molecular weight excluding hydrogens is 186 g/mol. The summed E-state index contributed by atoms with van der Waals surface area (Å²) in [5.74, 6) is 1.17. The lowest BCUT2D eigenvalue weighted by atomic mass is 10.0. The molecule has 0 saturated carbocycles. The third-order valence-corrected chi connectivity index (χ3v) is 3.17. The van der Waals surface area contributed by atoms with E-state index < -0.39 is 0 Å². The molecule has 0 aliphatic carbocycles. The highest BCUT2D eigenvalue weighted by molar-refractivity contribution is 5.82. The summed E-state index contributed by atoms with van der Waals surface area (Å²) in [6, 6.07) is 8.72. The van der Waals surface area contributed by atoms with Crippen LogP contribution in [0.25, 0.3) is 11.0 Å². The minimum Gasteiger partial charge on any atom is -0.461 e. The Balaban J connectivity index is 2.27. The van der Waals surface area contributed by atoms with Crippen molar-refractivity contribution in [2.45, 2.75) is 25.8 Å². The van der Waals surface area contributed by atoms with Crippen molar-refractivity contribution in [2.75, 3.05) is 6.54 Å². The van der Waals surface area contributed by atoms with Crippen molar-refractivity contribution in [3.05, 3.63) is 35.6 Å². The first-order chi connectivity index (χ1) is 7.36. The second kappa shape index (κ2) is 3.38. The fraction of sp³-hybridized carbons (Fsp3) is 0.385. The zero-order valence-corrected chi connectivity index (χ0v) is 8.92. The van der Waals surface area contributed by atoms with Gasteiger partial charge in [-0.05, 0) is 26.0 Å². The maximum absolute atomic E-state index is 5.90. The average molecular weight is 201 g/mol. The summed E-state index contributed by atoms with van der Waals surface area (Å²) >= 11 is 0. The van der Waals surface area contributed by atoms with Gasteiger partial charge in [-0.25, -0.2) is 0 Å². The highest BCUT2D eigenvalue weighted by atomic mass is 16.3. The molecule has 2 heterocycles. The lowest BCUT2D eigenvalue weighted by Gasteiger charge is -2.09. The van der Waals surface area contributed by atoms with Crippen LogP contribution in [0.5, 0.6) is 0 Å². The molecule has 1 N–H and O–H groups in total. The van der Waals surface area contributed by atoms with Gasteiger partial charge in [0.2, 0.25) is 0 Å². The molecule has 1 unspecified atom stereocenters. The Morgan fingerprint density at radius 2 is 2.20 bits per heavy atom. The molecule has 2 nitrogen and oxygen atoms in total. The normalized spacial score (nSPS) is 21.3. The molecule has 1 atom stereocenters. The lowest BCUT2D eigenvalue weighted by Crippen LogP contribution is -2.17. The third kappa shape index (κ3) is 1.37. The van der Waals surface area contributed by atoms with Gasteiger partial charge in [0, 0.05) is 23.4 Å². The van der Waals surface area contributed by atoms with Crippen LogP contribution in [0, 0.1) is 0 Å². The van der Waals surface area contributed by atoms with Gasteiger partial charge in [-0.15, -0.1) is 0 Å². The van der Waals surface area contributed by atoms with Gasteiger partial charge in [-0.1, -0.05) is 18.2 Å². The highest BCUT2D eigenvalue weighted by Crippen LogP contribution is 2.32. The lowest BCUT2D eigenvalue weighted by molar-refractivity contribution is 0.541. The second-order valence-electron chi connectivity index (χ2n) is 4.21. The minimum absolute atomic E-state index is 0.408. The van der Waals surface area contributed by atoms with Crippen molar-refractivity contribution in [1.82, 2.24) is 5.32 Å². The van der Waals surface area contributed by atoms with Crippen molar-refractivity contribution in [2.24, 2.45) is 0 Å². The summed E-state index contributed by atoms with van der Waals surface area (Å²) in [6.07, 6.45) is 2.22. The molecule has 0 radical (unpaired) electrons. The predicted octanol–water partition coefficient (Wildman–Crippen LogP) is 3.03. The summed E-state index contributed by atoms with van der Waals surface area (Å²) in [5, 5.41) is 4.79. The van der Waals surface area contributed by atoms with E-state index >= 15 is 0 Å². The molecule has 0 saturated heterocycles. The van der Waals surface area contributed by atoms with E-state index in [1.807, 2.05) is 6.07 Å². The number of nitrogens with one attached hydrogen (secondary N) is 1. The Hall–Kier alpha value is -1.28. The molecule has 1 aliphatic rings. The zero-order chi connectivity index (χ0) is 10.3. The van der Waals surface area contributed by atoms with Crippen LogP contribution < -0.4 is 5.32 Å². The van der Waals surface area contributed by atoms with Crippen LogP contribution in [0.15, 0.2) is 28.7 Å². The molecule has 3 rings (SSSR count). The van der Waals surface area contributed by atoms with Crippen molar-refractivity contribution in [3.63, 3.8) is 0 Å². The summed E-state index contributed by atoms with van der Waals surface area (Å²) in [6.45, 7) is 3.30. The van der Waals surface area contributed by atoms with Gasteiger partial charge < -0.3 is 9.73 Å². The summed E-state index contributed by atoms with van der Waals surface area (Å²) in [7, 11) is 0. The number of para-hydroxylation sites is 1. The summed E-state index contributed by atoms with van der Waals surface area (Å²) in [5.41, 5.74) is 2.39. The number of hydrogen-bond acceptors (Lipinski definition) is 2. The zero-order valence-electron chi connectivity index (χ0n) is 8.92. The fourth-order valence-electron chi connectivity index (χ4n) is 2.45. The van der Waals surface area contributed by atoms with Crippen LogP contribution in [-0.2, 0) is 6.42 Å². The molecule has 78 valence electrons. The Bertz CT molecular complexity index is 486. The highest BCUT2D eigenvalue weighted by Gasteiger charge is 2.20. The van der Waals surface area contributed by atoms with Crippen LogP contribution in [0.1, 0.15) is 30.7 Å². The Labute approximate surface area is 89.3 Å². The standard InChI is InChI=1S/C13H15NO/c1-9-13-10-5-2-3-6-11(10)15-12(13)7-4-8-14-9/h2-3,5-6,9,14H,4,7-8H2,1H3. The molecule has 1 aromatic heterocycles. The van der Waals surface area contributed by atoms with E-state index in [4.69, 9.17) is 4.42 Å². The molecule has 1 aliphatic heterocycles. The van der Waals surface area contributed by atoms with Gasteiger partial charge in [-0.3, -0.25) is 0 Å². The molecule has 0 spiro atoms.